The number of benzene rings is 2. The third kappa shape index (κ3) is 4.43. The highest BCUT2D eigenvalue weighted by Crippen LogP contribution is 2.37. The van der Waals surface area contributed by atoms with E-state index >= 15 is 0 Å². The predicted octanol–water partition coefficient (Wildman–Crippen LogP) is 6.35. The molecule has 3 aromatic rings. The van der Waals surface area contributed by atoms with E-state index in [0.717, 1.165) is 43.5 Å². The summed E-state index contributed by atoms with van der Waals surface area (Å²) in [6.07, 6.45) is 1.24. The van der Waals surface area contributed by atoms with E-state index in [1.807, 2.05) is 11.1 Å². The first-order valence-electron chi connectivity index (χ1n) is 11.2. The minimum Gasteiger partial charge on any atom is -0.339 e. The minimum atomic E-state index is -4.39. The number of alkyl halides is 3. The molecule has 1 saturated heterocycles. The number of fused-ring (bicyclic) bond motifs is 1. The molecule has 1 amide bonds. The maximum atomic E-state index is 13.2. The summed E-state index contributed by atoms with van der Waals surface area (Å²) in [5.74, 6) is -0.0754. The number of aromatic nitrogens is 2. The number of H-pyrrole nitrogens is 1. The zero-order valence-electron chi connectivity index (χ0n) is 18.1. The fraction of sp³-hybridized carbons (Fsp3) is 0.360. The summed E-state index contributed by atoms with van der Waals surface area (Å²) in [5.41, 5.74) is 3.53. The molecule has 2 atom stereocenters. The zero-order chi connectivity index (χ0) is 24.0. The van der Waals surface area contributed by atoms with Crippen LogP contribution in [0.2, 0.25) is 10.0 Å². The smallest absolute Gasteiger partial charge is 0.339 e. The van der Waals surface area contributed by atoms with E-state index in [4.69, 9.17) is 23.2 Å². The van der Waals surface area contributed by atoms with Crippen LogP contribution in [0.1, 0.15) is 35.2 Å². The van der Waals surface area contributed by atoms with Crippen molar-refractivity contribution >= 4 is 29.1 Å². The third-order valence-corrected chi connectivity index (χ3v) is 7.59. The minimum absolute atomic E-state index is 0.121. The molecule has 178 valence electrons. The van der Waals surface area contributed by atoms with Gasteiger partial charge in [-0.3, -0.25) is 9.89 Å². The lowest BCUT2D eigenvalue weighted by Gasteiger charge is -2.31. The Morgan fingerprint density at radius 2 is 1.76 bits per heavy atom. The number of aromatic amines is 1. The van der Waals surface area contributed by atoms with Gasteiger partial charge >= 0.3 is 6.18 Å². The Hall–Kier alpha value is -2.51. The summed E-state index contributed by atoms with van der Waals surface area (Å²) in [6.45, 7) is 0.709. The van der Waals surface area contributed by atoms with E-state index in [1.54, 1.807) is 12.1 Å². The molecule has 0 bridgehead atoms. The molecule has 1 fully saturated rings. The van der Waals surface area contributed by atoms with E-state index in [2.05, 4.69) is 10.2 Å². The van der Waals surface area contributed by atoms with Crippen LogP contribution < -0.4 is 0 Å². The molecule has 2 heterocycles. The van der Waals surface area contributed by atoms with Gasteiger partial charge < -0.3 is 4.90 Å². The van der Waals surface area contributed by atoms with Gasteiger partial charge in [-0.1, -0.05) is 35.3 Å². The highest BCUT2D eigenvalue weighted by Gasteiger charge is 2.38. The Morgan fingerprint density at radius 3 is 2.44 bits per heavy atom. The highest BCUT2D eigenvalue weighted by atomic mass is 35.5. The van der Waals surface area contributed by atoms with Gasteiger partial charge in [-0.25, -0.2) is 0 Å². The lowest BCUT2D eigenvalue weighted by Crippen LogP contribution is -2.41. The van der Waals surface area contributed by atoms with Gasteiger partial charge in [-0.2, -0.15) is 18.3 Å². The topological polar surface area (TPSA) is 49.0 Å². The van der Waals surface area contributed by atoms with Crippen molar-refractivity contribution in [1.82, 2.24) is 15.1 Å². The average Bonchev–Trinajstić information content (AvgIpc) is 3.41. The molecule has 1 aromatic heterocycles. The number of amides is 1. The second kappa shape index (κ2) is 8.93. The molecule has 9 heteroatoms. The summed E-state index contributed by atoms with van der Waals surface area (Å²) >= 11 is 13.1. The number of likely N-dealkylation sites (tertiary alicyclic amines) is 1. The van der Waals surface area contributed by atoms with Gasteiger partial charge in [-0.15, -0.1) is 0 Å². The van der Waals surface area contributed by atoms with Crippen LogP contribution in [0.15, 0.2) is 42.6 Å². The first kappa shape index (κ1) is 23.2. The van der Waals surface area contributed by atoms with E-state index in [1.165, 1.54) is 17.7 Å². The monoisotopic (exact) mass is 507 g/mol. The largest absolute Gasteiger partial charge is 0.416 e. The van der Waals surface area contributed by atoms with Crippen LogP contribution in [0.3, 0.4) is 0 Å². The number of rotatable bonds is 4. The molecule has 0 radical (unpaired) electrons. The molecule has 5 rings (SSSR count). The van der Waals surface area contributed by atoms with Crippen LogP contribution >= 0.6 is 23.2 Å². The number of aryl methyl sites for hydroxylation is 1. The molecule has 1 aliphatic carbocycles. The maximum absolute atomic E-state index is 13.2. The summed E-state index contributed by atoms with van der Waals surface area (Å²) in [7, 11) is 0. The standard InChI is InChI=1S/C25H22Cl2F3N3O/c26-21-11-16(14-1-3-18(4-2-14)25(28,29)30)12-22(27)20(21)10-15-7-8-33(24(15)34)19-5-6-23-17(9-19)13-31-32-23/h1-4,11-13,15,19H,5-10H2,(H,31,32). The van der Waals surface area contributed by atoms with Crippen LogP contribution in [0.4, 0.5) is 13.2 Å². The molecular formula is C25H22Cl2F3N3O. The van der Waals surface area contributed by atoms with E-state index in [0.29, 0.717) is 39.7 Å². The fourth-order valence-corrected chi connectivity index (χ4v) is 5.68. The van der Waals surface area contributed by atoms with E-state index in [9.17, 15) is 18.0 Å². The number of hydrogen-bond acceptors (Lipinski definition) is 2. The second-order valence-electron chi connectivity index (χ2n) is 8.99. The van der Waals surface area contributed by atoms with Crippen LogP contribution in [0.25, 0.3) is 11.1 Å². The van der Waals surface area contributed by atoms with Crippen LogP contribution in [-0.2, 0) is 30.2 Å². The van der Waals surface area contributed by atoms with Gasteiger partial charge in [0.1, 0.15) is 0 Å². The van der Waals surface area contributed by atoms with Crippen LogP contribution in [0.5, 0.6) is 0 Å². The van der Waals surface area contributed by atoms with Gasteiger partial charge in [0.2, 0.25) is 5.91 Å². The molecule has 2 aromatic carbocycles. The highest BCUT2D eigenvalue weighted by molar-refractivity contribution is 6.36. The van der Waals surface area contributed by atoms with Crippen molar-refractivity contribution in [1.29, 1.82) is 0 Å². The summed E-state index contributed by atoms with van der Waals surface area (Å²) in [6, 6.07) is 8.45. The molecule has 34 heavy (non-hydrogen) atoms. The van der Waals surface area contributed by atoms with Crippen molar-refractivity contribution in [2.45, 2.75) is 44.3 Å². The number of halogens is 5. The van der Waals surface area contributed by atoms with Gasteiger partial charge in [0.25, 0.3) is 0 Å². The van der Waals surface area contributed by atoms with Gasteiger partial charge in [-0.05, 0) is 78.6 Å². The predicted molar refractivity (Wildman–Crippen MR) is 125 cm³/mol. The Balaban J connectivity index is 1.30. The van der Waals surface area contributed by atoms with Crippen molar-refractivity contribution < 1.29 is 18.0 Å². The quantitative estimate of drug-likeness (QED) is 0.447. The number of nitrogens with one attached hydrogen (secondary N) is 1. The summed E-state index contributed by atoms with van der Waals surface area (Å²) < 4.78 is 38.5. The Morgan fingerprint density at radius 1 is 1.06 bits per heavy atom. The lowest BCUT2D eigenvalue weighted by atomic mass is 9.92. The molecule has 1 N–H and O–H groups in total. The zero-order valence-corrected chi connectivity index (χ0v) is 19.6. The van der Waals surface area contributed by atoms with E-state index in [-0.39, 0.29) is 17.9 Å². The van der Waals surface area contributed by atoms with Gasteiger partial charge in [0.15, 0.2) is 0 Å². The lowest BCUT2D eigenvalue weighted by molar-refractivity contribution is -0.137. The maximum Gasteiger partial charge on any atom is 0.416 e. The molecular weight excluding hydrogens is 486 g/mol. The molecule has 2 unspecified atom stereocenters. The SMILES string of the molecule is O=C1C(Cc2c(Cl)cc(-c3ccc(C(F)(F)F)cc3)cc2Cl)CCN1C1CCc2[nH]ncc2C1. The number of carbonyl (C=O) groups excluding carboxylic acids is 1. The van der Waals surface area contributed by atoms with Gasteiger partial charge in [0.05, 0.1) is 11.8 Å². The van der Waals surface area contributed by atoms with E-state index < -0.39 is 11.7 Å². The van der Waals surface area contributed by atoms with Crippen molar-refractivity contribution in [2.75, 3.05) is 6.54 Å². The Labute approximate surface area is 205 Å². The fourth-order valence-electron chi connectivity index (χ4n) is 5.04. The normalized spacial score (nSPS) is 20.6. The van der Waals surface area contributed by atoms with Crippen LogP contribution in [-0.4, -0.2) is 33.6 Å². The Kier molecular flexibility index (Phi) is 6.10. The molecule has 2 aliphatic rings. The molecule has 0 saturated carbocycles. The van der Waals surface area contributed by atoms with Crippen LogP contribution in [0, 0.1) is 5.92 Å². The molecule has 0 spiro atoms. The molecule has 4 nitrogen and oxygen atoms in total. The first-order chi connectivity index (χ1) is 16.2. The van der Waals surface area contributed by atoms with Crippen molar-refractivity contribution in [2.24, 2.45) is 5.92 Å². The Bertz CT molecular complexity index is 1200. The average molecular weight is 508 g/mol. The first-order valence-corrected chi connectivity index (χ1v) is 11.9. The number of carbonyl (C=O) groups is 1. The number of nitrogens with zero attached hydrogens (tertiary/aromatic N) is 2. The third-order valence-electron chi connectivity index (χ3n) is 6.92. The van der Waals surface area contributed by atoms with Gasteiger partial charge in [0, 0.05) is 34.2 Å². The van der Waals surface area contributed by atoms with Crippen molar-refractivity contribution in [3.8, 4) is 11.1 Å². The summed E-state index contributed by atoms with van der Waals surface area (Å²) in [4.78, 5) is 15.2. The second-order valence-corrected chi connectivity index (χ2v) is 9.80. The molecule has 1 aliphatic heterocycles. The summed E-state index contributed by atoms with van der Waals surface area (Å²) in [5, 5.41) is 7.96. The van der Waals surface area contributed by atoms with Crippen molar-refractivity contribution in [3.05, 3.63) is 75.0 Å². The van der Waals surface area contributed by atoms with Crippen molar-refractivity contribution in [3.63, 3.8) is 0 Å². The number of hydrogen-bond donors (Lipinski definition) is 1.